The third kappa shape index (κ3) is 3.48. The first-order valence-corrected chi connectivity index (χ1v) is 8.49. The second-order valence-corrected chi connectivity index (χ2v) is 6.66. The number of H-pyrrole nitrogens is 1. The smallest absolute Gasteiger partial charge is 0.209 e. The maximum Gasteiger partial charge on any atom is 0.209 e. The van der Waals surface area contributed by atoms with E-state index in [0.29, 0.717) is 5.92 Å². The number of hydrogen-bond donors (Lipinski definition) is 1. The van der Waals surface area contributed by atoms with Crippen LogP contribution in [0.4, 0.5) is 0 Å². The molecule has 3 aromatic heterocycles. The zero-order valence-electron chi connectivity index (χ0n) is 11.8. The van der Waals surface area contributed by atoms with Gasteiger partial charge in [-0.1, -0.05) is 25.6 Å². The second-order valence-electron chi connectivity index (χ2n) is 4.83. The number of hydrogen-bond acceptors (Lipinski definition) is 6. The van der Waals surface area contributed by atoms with Gasteiger partial charge in [-0.2, -0.15) is 0 Å². The summed E-state index contributed by atoms with van der Waals surface area (Å²) in [4.78, 5) is 13.2. The molecule has 0 saturated carbocycles. The molecule has 3 aromatic rings. The van der Waals surface area contributed by atoms with Crippen molar-refractivity contribution in [3.8, 4) is 11.4 Å². The van der Waals surface area contributed by atoms with Crippen molar-refractivity contribution in [2.24, 2.45) is 0 Å². The van der Waals surface area contributed by atoms with Crippen molar-refractivity contribution in [3.63, 3.8) is 0 Å². The first-order valence-electron chi connectivity index (χ1n) is 6.62. The molecule has 5 nitrogen and oxygen atoms in total. The lowest BCUT2D eigenvalue weighted by atomic mass is 10.2. The quantitative estimate of drug-likeness (QED) is 0.726. The Labute approximate surface area is 131 Å². The molecule has 3 rings (SSSR count). The molecule has 0 aliphatic rings. The normalized spacial score (nSPS) is 11.2. The lowest BCUT2D eigenvalue weighted by Gasteiger charge is -1.96. The van der Waals surface area contributed by atoms with E-state index < -0.39 is 0 Å². The number of thiazole rings is 1. The summed E-state index contributed by atoms with van der Waals surface area (Å²) in [5, 5.41) is 11.2. The van der Waals surface area contributed by atoms with E-state index in [2.05, 4.69) is 44.4 Å². The molecule has 0 bridgehead atoms. The van der Waals surface area contributed by atoms with Gasteiger partial charge in [-0.3, -0.25) is 10.1 Å². The maximum atomic E-state index is 4.61. The molecule has 0 aliphatic carbocycles. The summed E-state index contributed by atoms with van der Waals surface area (Å²) in [6.45, 7) is 4.32. The van der Waals surface area contributed by atoms with Gasteiger partial charge in [-0.15, -0.1) is 16.4 Å². The largest absolute Gasteiger partial charge is 0.264 e. The molecule has 0 aromatic carbocycles. The molecule has 108 valence electrons. The molecule has 0 aliphatic heterocycles. The van der Waals surface area contributed by atoms with Crippen LogP contribution in [-0.2, 0) is 5.75 Å². The van der Waals surface area contributed by atoms with Gasteiger partial charge in [-0.05, 0) is 12.1 Å². The van der Waals surface area contributed by atoms with Crippen molar-refractivity contribution in [1.29, 1.82) is 0 Å². The lowest BCUT2D eigenvalue weighted by molar-refractivity contribution is 0.846. The Balaban J connectivity index is 1.65. The highest BCUT2D eigenvalue weighted by atomic mass is 32.2. The van der Waals surface area contributed by atoms with E-state index >= 15 is 0 Å². The van der Waals surface area contributed by atoms with Gasteiger partial charge >= 0.3 is 0 Å². The Morgan fingerprint density at radius 2 is 2.24 bits per heavy atom. The van der Waals surface area contributed by atoms with Crippen molar-refractivity contribution in [2.45, 2.75) is 30.7 Å². The average molecular weight is 317 g/mol. The highest BCUT2D eigenvalue weighted by Crippen LogP contribution is 2.25. The highest BCUT2D eigenvalue weighted by molar-refractivity contribution is 7.98. The summed E-state index contributed by atoms with van der Waals surface area (Å²) < 4.78 is 0. The second kappa shape index (κ2) is 6.36. The molecular weight excluding hydrogens is 302 g/mol. The Morgan fingerprint density at radius 3 is 2.95 bits per heavy atom. The predicted octanol–water partition coefficient (Wildman–Crippen LogP) is 3.74. The molecule has 3 heterocycles. The van der Waals surface area contributed by atoms with Crippen LogP contribution in [0.3, 0.4) is 0 Å². The molecule has 0 spiro atoms. The van der Waals surface area contributed by atoms with Gasteiger partial charge in [0.1, 0.15) is 0 Å². The van der Waals surface area contributed by atoms with Gasteiger partial charge < -0.3 is 0 Å². The van der Waals surface area contributed by atoms with E-state index in [4.69, 9.17) is 0 Å². The Bertz CT molecular complexity index is 705. The van der Waals surface area contributed by atoms with Crippen molar-refractivity contribution >= 4 is 23.1 Å². The number of thioether (sulfide) groups is 1. The van der Waals surface area contributed by atoms with Crippen LogP contribution < -0.4 is 0 Å². The van der Waals surface area contributed by atoms with Crippen LogP contribution in [0.1, 0.15) is 30.5 Å². The average Bonchev–Trinajstić information content (AvgIpc) is 3.15. The minimum Gasteiger partial charge on any atom is -0.264 e. The number of nitrogens with one attached hydrogen (secondary N) is 1. The first-order chi connectivity index (χ1) is 10.2. The van der Waals surface area contributed by atoms with Gasteiger partial charge in [0.05, 0.1) is 10.7 Å². The van der Waals surface area contributed by atoms with Crippen LogP contribution in [0.2, 0.25) is 0 Å². The summed E-state index contributed by atoms with van der Waals surface area (Å²) in [7, 11) is 0. The van der Waals surface area contributed by atoms with E-state index in [1.165, 1.54) is 5.01 Å². The lowest BCUT2D eigenvalue weighted by Crippen LogP contribution is -1.87. The molecule has 1 N–H and O–H groups in total. The monoisotopic (exact) mass is 317 g/mol. The SMILES string of the molecule is CC(C)c1nc(CSc2n[nH]c(-c3cccnc3)n2)cs1. The Kier molecular flexibility index (Phi) is 4.31. The number of aromatic nitrogens is 5. The molecule has 0 amide bonds. The summed E-state index contributed by atoms with van der Waals surface area (Å²) >= 11 is 3.30. The molecule has 0 atom stereocenters. The summed E-state index contributed by atoms with van der Waals surface area (Å²) in [5.74, 6) is 2.01. The molecule has 0 radical (unpaired) electrons. The van der Waals surface area contributed by atoms with Crippen LogP contribution in [0.15, 0.2) is 35.1 Å². The Morgan fingerprint density at radius 1 is 1.33 bits per heavy atom. The minimum atomic E-state index is 0.481. The van der Waals surface area contributed by atoms with Crippen molar-refractivity contribution in [1.82, 2.24) is 25.1 Å². The highest BCUT2D eigenvalue weighted by Gasteiger charge is 2.09. The van der Waals surface area contributed by atoms with Crippen LogP contribution in [0.5, 0.6) is 0 Å². The minimum absolute atomic E-state index is 0.481. The van der Waals surface area contributed by atoms with Crippen molar-refractivity contribution in [3.05, 3.63) is 40.6 Å². The summed E-state index contributed by atoms with van der Waals surface area (Å²) in [6.07, 6.45) is 3.51. The van der Waals surface area contributed by atoms with E-state index in [0.717, 1.165) is 28.0 Å². The molecule has 21 heavy (non-hydrogen) atoms. The number of aromatic amines is 1. The van der Waals surface area contributed by atoms with Crippen LogP contribution >= 0.6 is 23.1 Å². The standard InChI is InChI=1S/C14H15N5S2/c1-9(2)13-16-11(7-20-13)8-21-14-17-12(18-19-14)10-4-3-5-15-6-10/h3-7,9H,8H2,1-2H3,(H,17,18,19). The number of rotatable bonds is 5. The number of nitrogens with zero attached hydrogens (tertiary/aromatic N) is 4. The van der Waals surface area contributed by atoms with E-state index in [1.807, 2.05) is 12.1 Å². The van der Waals surface area contributed by atoms with Crippen molar-refractivity contribution in [2.75, 3.05) is 0 Å². The molecule has 0 saturated heterocycles. The zero-order chi connectivity index (χ0) is 14.7. The predicted molar refractivity (Wildman–Crippen MR) is 85.4 cm³/mol. The van der Waals surface area contributed by atoms with E-state index in [9.17, 15) is 0 Å². The zero-order valence-corrected chi connectivity index (χ0v) is 13.4. The van der Waals surface area contributed by atoms with Crippen LogP contribution in [-0.4, -0.2) is 25.1 Å². The third-order valence-electron chi connectivity index (χ3n) is 2.81. The van der Waals surface area contributed by atoms with Gasteiger partial charge in [-0.25, -0.2) is 9.97 Å². The maximum absolute atomic E-state index is 4.61. The fraction of sp³-hybridized carbons (Fsp3) is 0.286. The molecule has 0 fully saturated rings. The molecule has 0 unspecified atom stereocenters. The summed E-state index contributed by atoms with van der Waals surface area (Å²) in [6, 6.07) is 3.84. The van der Waals surface area contributed by atoms with Crippen molar-refractivity contribution < 1.29 is 0 Å². The Hall–Kier alpha value is -1.73. The van der Waals surface area contributed by atoms with Gasteiger partial charge in [0.2, 0.25) is 5.16 Å². The fourth-order valence-corrected chi connectivity index (χ4v) is 3.37. The molecular formula is C14H15N5S2. The topological polar surface area (TPSA) is 67.3 Å². The summed E-state index contributed by atoms with van der Waals surface area (Å²) in [5.41, 5.74) is 2.02. The van der Waals surface area contributed by atoms with Crippen LogP contribution in [0.25, 0.3) is 11.4 Å². The van der Waals surface area contributed by atoms with Gasteiger partial charge in [0.25, 0.3) is 0 Å². The fourth-order valence-electron chi connectivity index (χ4n) is 1.74. The first kappa shape index (κ1) is 14.2. The van der Waals surface area contributed by atoms with Gasteiger partial charge in [0, 0.05) is 35.0 Å². The third-order valence-corrected chi connectivity index (χ3v) is 4.89. The molecule has 7 heteroatoms. The van der Waals surface area contributed by atoms with E-state index in [-0.39, 0.29) is 0 Å². The van der Waals surface area contributed by atoms with Gasteiger partial charge in [0.15, 0.2) is 5.82 Å². The van der Waals surface area contributed by atoms with E-state index in [1.54, 1.807) is 35.5 Å². The number of pyridine rings is 1. The van der Waals surface area contributed by atoms with Crippen LogP contribution in [0, 0.1) is 0 Å².